The van der Waals surface area contributed by atoms with Gasteiger partial charge in [-0.15, -0.1) is 11.8 Å². The SMILES string of the molecule is CCC(=S)SCC(=O)O. The van der Waals surface area contributed by atoms with E-state index in [2.05, 4.69) is 0 Å². The predicted octanol–water partition coefficient (Wildman–Crippen LogP) is 1.54. The Labute approximate surface area is 63.6 Å². The van der Waals surface area contributed by atoms with Crippen LogP contribution in [-0.2, 0) is 4.79 Å². The fourth-order valence-corrected chi connectivity index (χ4v) is 0.910. The molecule has 0 aliphatic rings. The van der Waals surface area contributed by atoms with Crippen LogP contribution in [0.4, 0.5) is 0 Å². The second-order valence-corrected chi connectivity index (χ2v) is 3.23. The molecular weight excluding hydrogens is 156 g/mol. The number of carboxylic acid groups (broad SMARTS) is 1. The standard InChI is InChI=1S/C5H8O2S2/c1-2-5(8)9-3-4(6)7/h2-3H2,1H3,(H,6,7). The lowest BCUT2D eigenvalue weighted by molar-refractivity contribution is -0.133. The Bertz CT molecular complexity index is 122. The molecule has 0 saturated carbocycles. The van der Waals surface area contributed by atoms with Crippen molar-refractivity contribution < 1.29 is 9.90 Å². The monoisotopic (exact) mass is 164 g/mol. The molecule has 0 atom stereocenters. The van der Waals surface area contributed by atoms with Crippen LogP contribution in [0.5, 0.6) is 0 Å². The maximum absolute atomic E-state index is 9.94. The lowest BCUT2D eigenvalue weighted by atomic mass is 10.6. The number of carbonyl (C=O) groups is 1. The Hall–Kier alpha value is -0.0900. The second kappa shape index (κ2) is 4.76. The molecule has 0 amide bonds. The zero-order valence-electron chi connectivity index (χ0n) is 5.09. The van der Waals surface area contributed by atoms with E-state index in [9.17, 15) is 4.79 Å². The van der Waals surface area contributed by atoms with Crippen LogP contribution in [0, 0.1) is 0 Å². The molecule has 2 nitrogen and oxygen atoms in total. The topological polar surface area (TPSA) is 37.3 Å². The Balaban J connectivity index is 3.28. The number of thiocarbonyl (C=S) groups is 1. The maximum Gasteiger partial charge on any atom is 0.313 e. The van der Waals surface area contributed by atoms with Gasteiger partial charge in [0.15, 0.2) is 0 Å². The summed E-state index contributed by atoms with van der Waals surface area (Å²) in [7, 11) is 0. The van der Waals surface area contributed by atoms with Gasteiger partial charge in [-0.1, -0.05) is 19.1 Å². The van der Waals surface area contributed by atoms with E-state index in [4.69, 9.17) is 17.3 Å². The van der Waals surface area contributed by atoms with E-state index in [1.807, 2.05) is 6.92 Å². The molecule has 52 valence electrons. The second-order valence-electron chi connectivity index (χ2n) is 1.41. The third-order valence-corrected chi connectivity index (χ3v) is 2.29. The normalized spacial score (nSPS) is 9.00. The van der Waals surface area contributed by atoms with E-state index >= 15 is 0 Å². The van der Waals surface area contributed by atoms with Crippen LogP contribution in [0.1, 0.15) is 13.3 Å². The van der Waals surface area contributed by atoms with Gasteiger partial charge in [0.1, 0.15) is 0 Å². The van der Waals surface area contributed by atoms with Gasteiger partial charge >= 0.3 is 5.97 Å². The number of rotatable bonds is 3. The first-order valence-electron chi connectivity index (χ1n) is 2.54. The number of aliphatic carboxylic acids is 1. The minimum absolute atomic E-state index is 0.0900. The molecular formula is C5H8O2S2. The molecule has 4 heteroatoms. The summed E-state index contributed by atoms with van der Waals surface area (Å²) in [4.78, 5) is 9.94. The predicted molar refractivity (Wildman–Crippen MR) is 43.0 cm³/mol. The molecule has 0 radical (unpaired) electrons. The van der Waals surface area contributed by atoms with Gasteiger partial charge in [0.25, 0.3) is 0 Å². The van der Waals surface area contributed by atoms with Crippen molar-refractivity contribution >= 4 is 34.1 Å². The summed E-state index contributed by atoms with van der Waals surface area (Å²) in [6, 6.07) is 0. The number of carboxylic acids is 1. The van der Waals surface area contributed by atoms with E-state index in [0.29, 0.717) is 0 Å². The van der Waals surface area contributed by atoms with Gasteiger partial charge < -0.3 is 5.11 Å². The van der Waals surface area contributed by atoms with Gasteiger partial charge in [0.2, 0.25) is 0 Å². The van der Waals surface area contributed by atoms with Crippen molar-refractivity contribution in [3.05, 3.63) is 0 Å². The Morgan fingerprint density at radius 3 is 2.67 bits per heavy atom. The average Bonchev–Trinajstić information content (AvgIpc) is 1.83. The van der Waals surface area contributed by atoms with E-state index in [1.165, 1.54) is 11.8 Å². The summed E-state index contributed by atoms with van der Waals surface area (Å²) >= 11 is 5.99. The van der Waals surface area contributed by atoms with Crippen molar-refractivity contribution in [2.75, 3.05) is 5.75 Å². The molecule has 1 N–H and O–H groups in total. The summed E-state index contributed by atoms with van der Waals surface area (Å²) in [5.41, 5.74) is 0. The van der Waals surface area contributed by atoms with Crippen molar-refractivity contribution in [2.24, 2.45) is 0 Å². The number of hydrogen-bond acceptors (Lipinski definition) is 3. The molecule has 0 aliphatic heterocycles. The van der Waals surface area contributed by atoms with Gasteiger partial charge in [-0.05, 0) is 6.42 Å². The Morgan fingerprint density at radius 1 is 1.78 bits per heavy atom. The van der Waals surface area contributed by atoms with Gasteiger partial charge in [-0.3, -0.25) is 4.79 Å². The first-order chi connectivity index (χ1) is 4.16. The fraction of sp³-hybridized carbons (Fsp3) is 0.600. The van der Waals surface area contributed by atoms with Gasteiger partial charge in [0.05, 0.1) is 5.75 Å². The molecule has 0 aliphatic carbocycles. The third-order valence-electron chi connectivity index (χ3n) is 0.645. The largest absolute Gasteiger partial charge is 0.481 e. The number of hydrogen-bond donors (Lipinski definition) is 1. The molecule has 0 bridgehead atoms. The Morgan fingerprint density at radius 2 is 2.33 bits per heavy atom. The third kappa shape index (κ3) is 5.79. The molecule has 9 heavy (non-hydrogen) atoms. The lowest BCUT2D eigenvalue weighted by Crippen LogP contribution is -2.00. The van der Waals surface area contributed by atoms with Crippen molar-refractivity contribution in [2.45, 2.75) is 13.3 Å². The molecule has 0 spiro atoms. The van der Waals surface area contributed by atoms with Crippen molar-refractivity contribution in [1.29, 1.82) is 0 Å². The van der Waals surface area contributed by atoms with Gasteiger partial charge in [-0.25, -0.2) is 0 Å². The highest BCUT2D eigenvalue weighted by molar-refractivity contribution is 8.23. The van der Waals surface area contributed by atoms with E-state index in [1.54, 1.807) is 0 Å². The highest BCUT2D eigenvalue weighted by Gasteiger charge is 1.98. The number of thioether (sulfide) groups is 1. The molecule has 0 aromatic rings. The van der Waals surface area contributed by atoms with Crippen LogP contribution >= 0.6 is 24.0 Å². The van der Waals surface area contributed by atoms with Crippen molar-refractivity contribution in [1.82, 2.24) is 0 Å². The molecule has 0 unspecified atom stereocenters. The summed E-state index contributed by atoms with van der Waals surface area (Å²) in [5.74, 6) is -0.719. The zero-order chi connectivity index (χ0) is 7.28. The van der Waals surface area contributed by atoms with Crippen LogP contribution < -0.4 is 0 Å². The average molecular weight is 164 g/mol. The molecule has 0 rings (SSSR count). The minimum Gasteiger partial charge on any atom is -0.481 e. The van der Waals surface area contributed by atoms with Crippen LogP contribution in [-0.4, -0.2) is 21.0 Å². The van der Waals surface area contributed by atoms with E-state index < -0.39 is 5.97 Å². The molecule has 0 aromatic carbocycles. The first kappa shape index (κ1) is 8.91. The quantitative estimate of drug-likeness (QED) is 0.642. The highest BCUT2D eigenvalue weighted by atomic mass is 32.2. The summed E-state index contributed by atoms with van der Waals surface area (Å²) in [6.07, 6.45) is 0.771. The summed E-state index contributed by atoms with van der Waals surface area (Å²) in [6.45, 7) is 1.91. The van der Waals surface area contributed by atoms with Crippen LogP contribution in [0.25, 0.3) is 0 Å². The van der Waals surface area contributed by atoms with E-state index in [-0.39, 0.29) is 5.75 Å². The van der Waals surface area contributed by atoms with Crippen LogP contribution in [0.15, 0.2) is 0 Å². The minimum atomic E-state index is -0.809. The van der Waals surface area contributed by atoms with Crippen LogP contribution in [0.2, 0.25) is 0 Å². The molecule has 0 fully saturated rings. The van der Waals surface area contributed by atoms with E-state index in [0.717, 1.165) is 10.6 Å². The Kier molecular flexibility index (Phi) is 4.71. The zero-order valence-corrected chi connectivity index (χ0v) is 6.72. The highest BCUT2D eigenvalue weighted by Crippen LogP contribution is 2.06. The van der Waals surface area contributed by atoms with Crippen molar-refractivity contribution in [3.63, 3.8) is 0 Å². The van der Waals surface area contributed by atoms with Crippen molar-refractivity contribution in [3.8, 4) is 0 Å². The van der Waals surface area contributed by atoms with Gasteiger partial charge in [0, 0.05) is 4.20 Å². The summed E-state index contributed by atoms with van der Waals surface area (Å²) < 4.78 is 0.761. The fourth-order valence-electron chi connectivity index (χ4n) is 0.244. The molecule has 0 aromatic heterocycles. The molecule has 0 saturated heterocycles. The smallest absolute Gasteiger partial charge is 0.313 e. The first-order valence-corrected chi connectivity index (χ1v) is 3.93. The summed E-state index contributed by atoms with van der Waals surface area (Å²) in [5, 5.41) is 8.18. The molecule has 0 heterocycles. The lowest BCUT2D eigenvalue weighted by Gasteiger charge is -1.93. The maximum atomic E-state index is 9.94. The van der Waals surface area contributed by atoms with Gasteiger partial charge in [-0.2, -0.15) is 0 Å². The van der Waals surface area contributed by atoms with Crippen LogP contribution in [0.3, 0.4) is 0 Å².